The molecule has 0 aliphatic rings. The minimum absolute atomic E-state index is 0.328. The topological polar surface area (TPSA) is 46.5 Å². The first-order valence-electron chi connectivity index (χ1n) is 4.77. The second kappa shape index (κ2) is 5.18. The third-order valence-electron chi connectivity index (χ3n) is 2.21. The van der Waals surface area contributed by atoms with Crippen LogP contribution in [-0.4, -0.2) is 18.2 Å². The molecular formula is C11H11F3O3. The van der Waals surface area contributed by atoms with Crippen LogP contribution >= 0.6 is 0 Å². The van der Waals surface area contributed by atoms with Crippen LogP contribution in [-0.2, 0) is 15.7 Å². The first-order valence-corrected chi connectivity index (χ1v) is 4.77. The number of rotatable bonds is 3. The van der Waals surface area contributed by atoms with E-state index in [0.717, 1.165) is 19.2 Å². The van der Waals surface area contributed by atoms with Crippen LogP contribution in [0.15, 0.2) is 24.3 Å². The molecule has 0 fully saturated rings. The van der Waals surface area contributed by atoms with Crippen LogP contribution in [0.5, 0.6) is 0 Å². The zero-order valence-corrected chi connectivity index (χ0v) is 8.99. The van der Waals surface area contributed by atoms with Crippen molar-refractivity contribution in [3.8, 4) is 0 Å². The molecule has 1 atom stereocenters. The molecule has 0 aliphatic carbocycles. The van der Waals surface area contributed by atoms with Gasteiger partial charge in [0.2, 0.25) is 0 Å². The van der Waals surface area contributed by atoms with Gasteiger partial charge in [0.1, 0.15) is 0 Å². The third-order valence-corrected chi connectivity index (χ3v) is 2.21. The highest BCUT2D eigenvalue weighted by Gasteiger charge is 2.34. The fraction of sp³-hybridized carbons (Fsp3) is 0.364. The van der Waals surface area contributed by atoms with Gasteiger partial charge in [0.15, 0.2) is 0 Å². The van der Waals surface area contributed by atoms with Crippen molar-refractivity contribution in [2.45, 2.75) is 18.7 Å². The lowest BCUT2D eigenvalue weighted by atomic mass is 10.00. The molecule has 0 radical (unpaired) electrons. The van der Waals surface area contributed by atoms with Crippen LogP contribution < -0.4 is 0 Å². The van der Waals surface area contributed by atoms with Gasteiger partial charge < -0.3 is 9.84 Å². The van der Waals surface area contributed by atoms with E-state index in [-0.39, 0.29) is 5.56 Å². The summed E-state index contributed by atoms with van der Waals surface area (Å²) in [5.41, 5.74) is -1.28. The van der Waals surface area contributed by atoms with Crippen molar-refractivity contribution in [3.05, 3.63) is 35.4 Å². The Balaban J connectivity index is 3.01. The van der Waals surface area contributed by atoms with E-state index in [1.54, 1.807) is 0 Å². The maximum absolute atomic E-state index is 12.6. The lowest BCUT2D eigenvalue weighted by Gasteiger charge is -2.16. The number of esters is 1. The smallest absolute Gasteiger partial charge is 0.416 e. The number of aliphatic hydroxyl groups is 1. The maximum atomic E-state index is 12.6. The predicted octanol–water partition coefficient (Wildman–Crippen LogP) is 2.30. The van der Waals surface area contributed by atoms with Crippen LogP contribution in [0, 0.1) is 0 Å². The van der Waals surface area contributed by atoms with Gasteiger partial charge in [-0.2, -0.15) is 13.2 Å². The largest absolute Gasteiger partial charge is 0.469 e. The van der Waals surface area contributed by atoms with E-state index in [9.17, 15) is 23.1 Å². The SMILES string of the molecule is COC(=O)C[C@H](O)c1ccccc1C(F)(F)F. The molecule has 0 aromatic heterocycles. The van der Waals surface area contributed by atoms with Crippen molar-refractivity contribution in [2.24, 2.45) is 0 Å². The molecule has 0 spiro atoms. The van der Waals surface area contributed by atoms with Gasteiger partial charge >= 0.3 is 12.1 Å². The van der Waals surface area contributed by atoms with Crippen LogP contribution in [0.25, 0.3) is 0 Å². The van der Waals surface area contributed by atoms with Gasteiger partial charge in [0, 0.05) is 0 Å². The number of carbonyl (C=O) groups excluding carboxylic acids is 1. The summed E-state index contributed by atoms with van der Waals surface area (Å²) in [7, 11) is 1.10. The Bertz CT molecular complexity index is 401. The number of alkyl halides is 3. The highest BCUT2D eigenvalue weighted by molar-refractivity contribution is 5.70. The molecule has 0 heterocycles. The summed E-state index contributed by atoms with van der Waals surface area (Å²) in [6.07, 6.45) is -6.60. The van der Waals surface area contributed by atoms with E-state index in [1.165, 1.54) is 12.1 Å². The van der Waals surface area contributed by atoms with Crippen molar-refractivity contribution in [3.63, 3.8) is 0 Å². The lowest BCUT2D eigenvalue weighted by molar-refractivity contribution is -0.145. The number of aliphatic hydroxyl groups excluding tert-OH is 1. The summed E-state index contributed by atoms with van der Waals surface area (Å²) < 4.78 is 42.1. The highest BCUT2D eigenvalue weighted by atomic mass is 19.4. The van der Waals surface area contributed by atoms with E-state index in [0.29, 0.717) is 0 Å². The highest BCUT2D eigenvalue weighted by Crippen LogP contribution is 2.35. The average molecular weight is 248 g/mol. The van der Waals surface area contributed by atoms with Gasteiger partial charge in [-0.25, -0.2) is 0 Å². The minimum Gasteiger partial charge on any atom is -0.469 e. The molecule has 3 nitrogen and oxygen atoms in total. The van der Waals surface area contributed by atoms with Gasteiger partial charge in [-0.1, -0.05) is 18.2 Å². The third kappa shape index (κ3) is 3.45. The Morgan fingerprint density at radius 2 is 2.00 bits per heavy atom. The molecule has 1 aromatic carbocycles. The average Bonchev–Trinajstić information content (AvgIpc) is 2.27. The lowest BCUT2D eigenvalue weighted by Crippen LogP contribution is -2.14. The first kappa shape index (κ1) is 13.5. The molecule has 0 bridgehead atoms. The molecule has 1 N–H and O–H groups in total. The molecule has 6 heteroatoms. The summed E-state index contributed by atoms with van der Waals surface area (Å²) >= 11 is 0. The summed E-state index contributed by atoms with van der Waals surface area (Å²) in [4.78, 5) is 10.9. The number of ether oxygens (including phenoxy) is 1. The van der Waals surface area contributed by atoms with E-state index in [1.807, 2.05) is 0 Å². The normalized spacial score (nSPS) is 13.2. The number of halogens is 3. The standard InChI is InChI=1S/C11H11F3O3/c1-17-10(16)6-9(15)7-4-2-3-5-8(7)11(12,13)14/h2-5,9,15H,6H2,1H3/t9-/m0/s1. The zero-order valence-electron chi connectivity index (χ0n) is 8.99. The van der Waals surface area contributed by atoms with Crippen molar-refractivity contribution in [1.82, 2.24) is 0 Å². The van der Waals surface area contributed by atoms with Crippen molar-refractivity contribution in [1.29, 1.82) is 0 Å². The molecule has 0 saturated carbocycles. The van der Waals surface area contributed by atoms with Crippen LogP contribution in [0.2, 0.25) is 0 Å². The number of carbonyl (C=O) groups is 1. The second-order valence-corrected chi connectivity index (χ2v) is 3.38. The van der Waals surface area contributed by atoms with Gasteiger partial charge in [-0.3, -0.25) is 4.79 Å². The Morgan fingerprint density at radius 3 is 2.53 bits per heavy atom. The maximum Gasteiger partial charge on any atom is 0.416 e. The molecule has 1 rings (SSSR count). The summed E-state index contributed by atoms with van der Waals surface area (Å²) in [5.74, 6) is -0.769. The van der Waals surface area contributed by atoms with Crippen LogP contribution in [0.1, 0.15) is 23.7 Å². The predicted molar refractivity (Wildman–Crippen MR) is 53.0 cm³/mol. The summed E-state index contributed by atoms with van der Waals surface area (Å²) in [6, 6.07) is 4.58. The fourth-order valence-electron chi connectivity index (χ4n) is 1.40. The van der Waals surface area contributed by atoms with Crippen LogP contribution in [0.3, 0.4) is 0 Å². The molecule has 94 valence electrons. The van der Waals surface area contributed by atoms with E-state index in [4.69, 9.17) is 0 Å². The monoisotopic (exact) mass is 248 g/mol. The van der Waals surface area contributed by atoms with Crippen molar-refractivity contribution in [2.75, 3.05) is 7.11 Å². The van der Waals surface area contributed by atoms with Crippen molar-refractivity contribution >= 4 is 5.97 Å². The van der Waals surface area contributed by atoms with E-state index in [2.05, 4.69) is 4.74 Å². The van der Waals surface area contributed by atoms with E-state index < -0.39 is 30.2 Å². The Morgan fingerprint density at radius 1 is 1.41 bits per heavy atom. The zero-order chi connectivity index (χ0) is 13.1. The van der Waals surface area contributed by atoms with Gasteiger partial charge in [-0.05, 0) is 11.6 Å². The Labute approximate surface area is 95.8 Å². The number of methoxy groups -OCH3 is 1. The fourth-order valence-corrected chi connectivity index (χ4v) is 1.40. The molecule has 0 aliphatic heterocycles. The minimum atomic E-state index is -4.56. The molecule has 0 amide bonds. The molecule has 0 unspecified atom stereocenters. The Kier molecular flexibility index (Phi) is 4.11. The van der Waals surface area contributed by atoms with Crippen molar-refractivity contribution < 1.29 is 27.8 Å². The van der Waals surface area contributed by atoms with Crippen LogP contribution in [0.4, 0.5) is 13.2 Å². The van der Waals surface area contributed by atoms with Gasteiger partial charge in [-0.15, -0.1) is 0 Å². The van der Waals surface area contributed by atoms with Gasteiger partial charge in [0.05, 0.1) is 25.2 Å². The number of hydrogen-bond donors (Lipinski definition) is 1. The number of benzene rings is 1. The first-order chi connectivity index (χ1) is 7.86. The van der Waals surface area contributed by atoms with Gasteiger partial charge in [0.25, 0.3) is 0 Å². The van der Waals surface area contributed by atoms with E-state index >= 15 is 0 Å². The second-order valence-electron chi connectivity index (χ2n) is 3.38. The quantitative estimate of drug-likeness (QED) is 0.835. The molecule has 0 saturated heterocycles. The summed E-state index contributed by atoms with van der Waals surface area (Å²) in [6.45, 7) is 0. The number of hydrogen-bond acceptors (Lipinski definition) is 3. The Hall–Kier alpha value is -1.56. The molecule has 1 aromatic rings. The summed E-state index contributed by atoms with van der Waals surface area (Å²) in [5, 5.41) is 9.57. The molecule has 17 heavy (non-hydrogen) atoms. The molecular weight excluding hydrogens is 237 g/mol.